The molecule has 0 aliphatic carbocycles. The van der Waals surface area contributed by atoms with E-state index in [4.69, 9.17) is 25.8 Å². The number of hydrogen-bond donors (Lipinski definition) is 1. The number of benzene rings is 2. The first kappa shape index (κ1) is 20.7. The van der Waals surface area contributed by atoms with Crippen molar-refractivity contribution in [2.24, 2.45) is 4.99 Å². The summed E-state index contributed by atoms with van der Waals surface area (Å²) in [5.74, 6) is 2.58. The maximum Gasteiger partial charge on any atom is 0.203 e. The Morgan fingerprint density at radius 1 is 1.04 bits per heavy atom. The summed E-state index contributed by atoms with van der Waals surface area (Å²) < 4.78 is 16.2. The van der Waals surface area contributed by atoms with Gasteiger partial charge in [0.15, 0.2) is 17.5 Å². The quantitative estimate of drug-likeness (QED) is 0.577. The van der Waals surface area contributed by atoms with Crippen molar-refractivity contribution in [2.75, 3.05) is 35.4 Å². The molecule has 2 aromatic carbocycles. The van der Waals surface area contributed by atoms with Crippen molar-refractivity contribution >= 4 is 17.6 Å². The SMILES string of the molecule is CN=C(NCc1cc(OC)c(OC)c(OC)c1)N(C)Cc1cccc(Cl)c1. The van der Waals surface area contributed by atoms with Crippen molar-refractivity contribution < 1.29 is 14.2 Å². The van der Waals surface area contributed by atoms with Crippen LogP contribution in [0.2, 0.25) is 5.02 Å². The van der Waals surface area contributed by atoms with Crippen LogP contribution in [0.15, 0.2) is 41.4 Å². The minimum absolute atomic E-state index is 0.559. The Kier molecular flexibility index (Phi) is 7.61. The summed E-state index contributed by atoms with van der Waals surface area (Å²) in [5, 5.41) is 4.07. The van der Waals surface area contributed by atoms with Crippen LogP contribution in [0.4, 0.5) is 0 Å². The Hall–Kier alpha value is -2.60. The molecular weight excluding hydrogens is 366 g/mol. The molecule has 0 fully saturated rings. The van der Waals surface area contributed by atoms with Crippen molar-refractivity contribution in [1.29, 1.82) is 0 Å². The molecule has 6 nitrogen and oxygen atoms in total. The standard InChI is InChI=1S/C20H26ClN3O3/c1-22-20(24(2)13-14-7-6-8-16(21)9-14)23-12-15-10-17(25-3)19(27-5)18(11-15)26-4/h6-11H,12-13H2,1-5H3,(H,22,23). The Labute approximate surface area is 165 Å². The summed E-state index contributed by atoms with van der Waals surface area (Å²) >= 11 is 6.07. The van der Waals surface area contributed by atoms with Gasteiger partial charge in [-0.2, -0.15) is 0 Å². The lowest BCUT2D eigenvalue weighted by Gasteiger charge is -2.22. The lowest BCUT2D eigenvalue weighted by Crippen LogP contribution is -2.38. The fraction of sp³-hybridized carbons (Fsp3) is 0.350. The maximum atomic E-state index is 6.07. The molecule has 27 heavy (non-hydrogen) atoms. The van der Waals surface area contributed by atoms with Gasteiger partial charge in [-0.25, -0.2) is 0 Å². The molecule has 0 amide bonds. The number of rotatable bonds is 7. The molecule has 2 rings (SSSR count). The van der Waals surface area contributed by atoms with Crippen LogP contribution in [0.5, 0.6) is 17.2 Å². The van der Waals surface area contributed by atoms with Crippen LogP contribution < -0.4 is 19.5 Å². The predicted molar refractivity (Wildman–Crippen MR) is 109 cm³/mol. The molecule has 2 aromatic rings. The van der Waals surface area contributed by atoms with E-state index >= 15 is 0 Å². The highest BCUT2D eigenvalue weighted by atomic mass is 35.5. The van der Waals surface area contributed by atoms with Gasteiger partial charge in [0.05, 0.1) is 21.3 Å². The van der Waals surface area contributed by atoms with E-state index in [-0.39, 0.29) is 0 Å². The minimum Gasteiger partial charge on any atom is -0.493 e. The van der Waals surface area contributed by atoms with E-state index in [0.29, 0.717) is 30.3 Å². The van der Waals surface area contributed by atoms with E-state index in [1.54, 1.807) is 28.4 Å². The number of halogens is 1. The van der Waals surface area contributed by atoms with Gasteiger partial charge in [-0.3, -0.25) is 4.99 Å². The Bertz CT molecular complexity index is 771. The van der Waals surface area contributed by atoms with Crippen molar-refractivity contribution in [1.82, 2.24) is 10.2 Å². The van der Waals surface area contributed by atoms with Gasteiger partial charge >= 0.3 is 0 Å². The zero-order valence-corrected chi connectivity index (χ0v) is 17.1. The van der Waals surface area contributed by atoms with Gasteiger partial charge in [-0.1, -0.05) is 23.7 Å². The van der Waals surface area contributed by atoms with Crippen LogP contribution in [0.1, 0.15) is 11.1 Å². The third-order valence-corrected chi connectivity index (χ3v) is 4.29. The van der Waals surface area contributed by atoms with Crippen LogP contribution in [0.3, 0.4) is 0 Å². The largest absolute Gasteiger partial charge is 0.493 e. The second-order valence-corrected chi connectivity index (χ2v) is 6.36. The van der Waals surface area contributed by atoms with Crippen LogP contribution in [-0.2, 0) is 13.1 Å². The highest BCUT2D eigenvalue weighted by molar-refractivity contribution is 6.30. The Morgan fingerprint density at radius 2 is 1.70 bits per heavy atom. The number of methoxy groups -OCH3 is 3. The Morgan fingerprint density at radius 3 is 2.22 bits per heavy atom. The highest BCUT2D eigenvalue weighted by Crippen LogP contribution is 2.38. The number of guanidine groups is 1. The normalized spacial score (nSPS) is 11.1. The summed E-state index contributed by atoms with van der Waals surface area (Å²) in [6.45, 7) is 1.25. The number of hydrogen-bond acceptors (Lipinski definition) is 4. The van der Waals surface area contributed by atoms with Crippen molar-refractivity contribution in [3.63, 3.8) is 0 Å². The number of nitrogens with zero attached hydrogens (tertiary/aromatic N) is 2. The monoisotopic (exact) mass is 391 g/mol. The molecule has 0 saturated heterocycles. The maximum absolute atomic E-state index is 6.07. The van der Waals surface area contributed by atoms with Crippen LogP contribution >= 0.6 is 11.6 Å². The van der Waals surface area contributed by atoms with E-state index < -0.39 is 0 Å². The number of ether oxygens (including phenoxy) is 3. The first-order chi connectivity index (χ1) is 13.0. The van der Waals surface area contributed by atoms with Crippen molar-refractivity contribution in [3.8, 4) is 17.2 Å². The third kappa shape index (κ3) is 5.44. The van der Waals surface area contributed by atoms with Gasteiger partial charge in [0, 0.05) is 32.2 Å². The van der Waals surface area contributed by atoms with Gasteiger partial charge in [0.25, 0.3) is 0 Å². The van der Waals surface area contributed by atoms with Gasteiger partial charge in [-0.05, 0) is 35.4 Å². The molecule has 0 aromatic heterocycles. The molecule has 1 N–H and O–H groups in total. The van der Waals surface area contributed by atoms with E-state index in [2.05, 4.69) is 10.3 Å². The first-order valence-electron chi connectivity index (χ1n) is 8.47. The first-order valence-corrected chi connectivity index (χ1v) is 8.85. The fourth-order valence-electron chi connectivity index (χ4n) is 2.79. The summed E-state index contributed by atoms with van der Waals surface area (Å²) in [4.78, 5) is 6.38. The molecule has 0 aliphatic heterocycles. The van der Waals surface area contributed by atoms with Gasteiger partial charge in [0.1, 0.15) is 0 Å². The minimum atomic E-state index is 0.559. The number of aliphatic imine (C=N–C) groups is 1. The second kappa shape index (κ2) is 9.92. The molecule has 0 unspecified atom stereocenters. The highest BCUT2D eigenvalue weighted by Gasteiger charge is 2.14. The molecule has 0 aliphatic rings. The van der Waals surface area contributed by atoms with E-state index in [1.807, 2.05) is 48.3 Å². The third-order valence-electron chi connectivity index (χ3n) is 4.06. The average molecular weight is 392 g/mol. The smallest absolute Gasteiger partial charge is 0.203 e. The van der Waals surface area contributed by atoms with Crippen LogP contribution in [-0.4, -0.2) is 46.3 Å². The fourth-order valence-corrected chi connectivity index (χ4v) is 3.00. The Balaban J connectivity index is 2.09. The summed E-state index contributed by atoms with van der Waals surface area (Å²) in [6, 6.07) is 11.6. The summed E-state index contributed by atoms with van der Waals surface area (Å²) in [6.07, 6.45) is 0. The molecule has 0 radical (unpaired) electrons. The molecule has 0 heterocycles. The van der Waals surface area contributed by atoms with E-state index in [9.17, 15) is 0 Å². The lowest BCUT2D eigenvalue weighted by atomic mass is 10.1. The zero-order chi connectivity index (χ0) is 19.8. The molecule has 0 bridgehead atoms. The van der Waals surface area contributed by atoms with E-state index in [1.165, 1.54) is 0 Å². The zero-order valence-electron chi connectivity index (χ0n) is 16.4. The topological polar surface area (TPSA) is 55.3 Å². The van der Waals surface area contributed by atoms with Crippen molar-refractivity contribution in [2.45, 2.75) is 13.1 Å². The van der Waals surface area contributed by atoms with E-state index in [0.717, 1.165) is 22.1 Å². The van der Waals surface area contributed by atoms with Crippen LogP contribution in [0.25, 0.3) is 0 Å². The van der Waals surface area contributed by atoms with Gasteiger partial charge in [-0.15, -0.1) is 0 Å². The molecular formula is C20H26ClN3O3. The molecule has 0 atom stereocenters. The second-order valence-electron chi connectivity index (χ2n) is 5.92. The van der Waals surface area contributed by atoms with Gasteiger partial charge < -0.3 is 24.4 Å². The predicted octanol–water partition coefficient (Wildman–Crippen LogP) is 3.57. The van der Waals surface area contributed by atoms with Gasteiger partial charge in [0.2, 0.25) is 5.75 Å². The lowest BCUT2D eigenvalue weighted by molar-refractivity contribution is 0.323. The summed E-state index contributed by atoms with van der Waals surface area (Å²) in [7, 11) is 8.53. The van der Waals surface area contributed by atoms with Crippen LogP contribution in [0, 0.1) is 0 Å². The van der Waals surface area contributed by atoms with Crippen molar-refractivity contribution in [3.05, 3.63) is 52.5 Å². The molecule has 0 spiro atoms. The molecule has 0 saturated carbocycles. The average Bonchev–Trinajstić information content (AvgIpc) is 2.67. The number of nitrogens with one attached hydrogen (secondary N) is 1. The summed E-state index contributed by atoms with van der Waals surface area (Å²) in [5.41, 5.74) is 2.10. The molecule has 146 valence electrons. The molecule has 7 heteroatoms.